The number of nitrogens with zero attached hydrogens (tertiary/aromatic N) is 1. The first-order chi connectivity index (χ1) is 32.1. The van der Waals surface area contributed by atoms with Crippen molar-refractivity contribution in [2.24, 2.45) is 0 Å². The molecule has 0 bridgehead atoms. The van der Waals surface area contributed by atoms with E-state index in [1.54, 1.807) is 97.0 Å². The molecular weight excluding hydrogens is 811 g/mol. The third-order valence-electron chi connectivity index (χ3n) is 22.9. The topological polar surface area (TPSA) is 39.1 Å². The minimum atomic E-state index is -3.84. The normalized spacial score (nSPS) is 17.7. The van der Waals surface area contributed by atoms with E-state index >= 15 is 8.42 Å². The summed E-state index contributed by atoms with van der Waals surface area (Å²) in [6.45, 7) is 0. The van der Waals surface area contributed by atoms with Gasteiger partial charge in [0, 0.05) is 312 Å². The van der Waals surface area contributed by atoms with Gasteiger partial charge in [0.05, 0.1) is 17.3 Å². The maximum Gasteiger partial charge on any atom is 0.236 e. The Morgan fingerprint density at radius 2 is 0.246 bits per heavy atom. The monoisotopic (exact) mass is 813 g/mol. The van der Waals surface area contributed by atoms with E-state index in [-0.39, 0.29) is 0 Å². The smallest absolute Gasteiger partial charge is 0.236 e. The Morgan fingerprint density at radius 3 is 0.338 bits per heavy atom. The number of rotatable bonds is 1. The SMILES string of the molecule is CS(=O)(=O)n1c2c3c4c5c6c7c8c9c%10c%11c%12c9c9c7c7c%13c9c9c%12c%12c%14c%11c%11c%15c%10c%10c8c6c6c8c%10c%15c%10c%15c%11c%14c%11c%14c%12c9c9c%13c(c3c75)c3c9c%14c5c%11c%15c7c%10c8c(c64)c2c7c5c31. The van der Waals surface area contributed by atoms with Crippen molar-refractivity contribution in [1.29, 1.82) is 0 Å². The maximum absolute atomic E-state index is 15.5. The molecule has 0 aliphatic carbocycles. The molecule has 31 aromatic rings. The zero-order valence-electron chi connectivity index (χ0n) is 32.7. The molecule has 0 N–H and O–H groups in total. The van der Waals surface area contributed by atoms with E-state index in [1.165, 1.54) is 222 Å². The Bertz CT molecular complexity index is 7000. The third kappa shape index (κ3) is 1.24. The minimum Gasteiger partial charge on any atom is -0.236 e. The summed E-state index contributed by atoms with van der Waals surface area (Å²) in [7, 11) is -3.84. The summed E-state index contributed by atoms with van der Waals surface area (Å²) in [6, 6.07) is 0. The van der Waals surface area contributed by atoms with Gasteiger partial charge in [-0.25, -0.2) is 12.4 Å². The highest BCUT2D eigenvalue weighted by Crippen LogP contribution is 2.80. The molecule has 31 rings (SSSR count). The molecule has 0 radical (unpaired) electrons. The van der Waals surface area contributed by atoms with Crippen LogP contribution in [0.15, 0.2) is 0 Å². The molecule has 4 heteroatoms. The van der Waals surface area contributed by atoms with E-state index in [9.17, 15) is 0 Å². The highest BCUT2D eigenvalue weighted by atomic mass is 32.2. The second kappa shape index (κ2) is 5.16. The van der Waals surface area contributed by atoms with Gasteiger partial charge in [0.15, 0.2) is 0 Å². The summed E-state index contributed by atoms with van der Waals surface area (Å²) in [4.78, 5) is 0. The average molecular weight is 814 g/mol. The van der Waals surface area contributed by atoms with Gasteiger partial charge < -0.3 is 0 Å². The molecule has 0 saturated heterocycles. The van der Waals surface area contributed by atoms with Crippen molar-refractivity contribution in [2.45, 2.75) is 0 Å². The maximum atomic E-state index is 15.5. The van der Waals surface area contributed by atoms with Crippen LogP contribution in [0.3, 0.4) is 0 Å². The van der Waals surface area contributed by atoms with Crippen LogP contribution in [0.4, 0.5) is 0 Å². The van der Waals surface area contributed by atoms with Crippen LogP contribution < -0.4 is 0 Å². The van der Waals surface area contributed by atoms with Crippen molar-refractivity contribution in [1.82, 2.24) is 3.97 Å². The van der Waals surface area contributed by atoms with Gasteiger partial charge in [-0.2, -0.15) is 0 Å². The molecule has 0 fully saturated rings. The Balaban J connectivity index is 1.33. The third-order valence-corrected chi connectivity index (χ3v) is 24.0. The van der Waals surface area contributed by atoms with Crippen molar-refractivity contribution >= 4 is 333 Å². The molecule has 0 amide bonds. The molecule has 65 heavy (non-hydrogen) atoms. The first-order valence-corrected chi connectivity index (χ1v) is 25.5. The molecule has 30 aromatic carbocycles. The molecule has 270 valence electrons. The Labute approximate surface area is 350 Å². The summed E-state index contributed by atoms with van der Waals surface area (Å²) in [6.07, 6.45) is 1.53. The van der Waals surface area contributed by atoms with Crippen molar-refractivity contribution in [2.75, 3.05) is 6.26 Å². The van der Waals surface area contributed by atoms with Crippen LogP contribution in [0.5, 0.6) is 0 Å². The lowest BCUT2D eigenvalue weighted by molar-refractivity contribution is 0.596. The molecule has 0 atom stereocenters. The van der Waals surface area contributed by atoms with Gasteiger partial charge in [0.25, 0.3) is 0 Å². The van der Waals surface area contributed by atoms with Crippen LogP contribution in [0, 0.1) is 0 Å². The number of hydrogen-bond acceptors (Lipinski definition) is 2. The number of aromatic nitrogens is 1. The molecule has 0 unspecified atom stereocenters. The molecule has 0 saturated carbocycles. The summed E-state index contributed by atoms with van der Waals surface area (Å²) >= 11 is 0. The first-order valence-electron chi connectivity index (χ1n) is 23.6. The summed E-state index contributed by atoms with van der Waals surface area (Å²) in [5.74, 6) is 0. The van der Waals surface area contributed by atoms with Crippen molar-refractivity contribution in [3.05, 3.63) is 0 Å². The van der Waals surface area contributed by atoms with Crippen molar-refractivity contribution in [3.8, 4) is 0 Å². The van der Waals surface area contributed by atoms with Crippen molar-refractivity contribution in [3.63, 3.8) is 0 Å². The van der Waals surface area contributed by atoms with E-state index in [4.69, 9.17) is 0 Å². The fourth-order valence-electron chi connectivity index (χ4n) is 22.8. The van der Waals surface area contributed by atoms with E-state index in [0.717, 1.165) is 11.0 Å². The lowest BCUT2D eigenvalue weighted by Gasteiger charge is -2.23. The summed E-state index contributed by atoms with van der Waals surface area (Å²) in [5, 5.41) is 86.2. The quantitative estimate of drug-likeness (QED) is 0.122. The Morgan fingerprint density at radius 1 is 0.169 bits per heavy atom. The molecule has 0 spiro atoms. The fraction of sp³-hybridized carbons (Fsp3) is 0.0164. The zero-order valence-corrected chi connectivity index (χ0v) is 33.5. The van der Waals surface area contributed by atoms with Crippen LogP contribution in [0.2, 0.25) is 0 Å². The molecular formula is C61H3NO2S. The summed E-state index contributed by atoms with van der Waals surface area (Å²) < 4.78 is 33.0. The van der Waals surface area contributed by atoms with E-state index < -0.39 is 10.0 Å². The lowest BCUT2D eigenvalue weighted by Crippen LogP contribution is -2.13. The largest absolute Gasteiger partial charge is 0.236 e. The van der Waals surface area contributed by atoms with E-state index in [0.29, 0.717) is 0 Å². The van der Waals surface area contributed by atoms with Gasteiger partial charge >= 0.3 is 0 Å². The van der Waals surface area contributed by atoms with Crippen molar-refractivity contribution < 1.29 is 8.42 Å². The lowest BCUT2D eigenvalue weighted by atomic mass is 9.84. The molecule has 3 nitrogen and oxygen atoms in total. The average Bonchev–Trinajstić information content (AvgIpc) is 4.15. The minimum absolute atomic E-state index is 0.979. The number of fused-ring (bicyclic) bond motifs is 5. The second-order valence-corrected chi connectivity index (χ2v) is 25.3. The molecule has 0 aliphatic rings. The van der Waals surface area contributed by atoms with Crippen LogP contribution in [-0.4, -0.2) is 18.6 Å². The molecule has 1 aromatic heterocycles. The number of pyridine rings is 1. The number of hydrogen-bond donors (Lipinski definition) is 0. The van der Waals surface area contributed by atoms with Gasteiger partial charge in [-0.15, -0.1) is 0 Å². The van der Waals surface area contributed by atoms with Gasteiger partial charge in [-0.05, 0) is 0 Å². The van der Waals surface area contributed by atoms with Gasteiger partial charge in [-0.1, -0.05) is 0 Å². The zero-order chi connectivity index (χ0) is 38.7. The Hall–Kier alpha value is -8.05. The van der Waals surface area contributed by atoms with Gasteiger partial charge in [0.1, 0.15) is 0 Å². The first kappa shape index (κ1) is 23.6. The standard InChI is InChI=1S/C61H3NO2S/c1-65(63,64)62-60-56-49-42-30-22-13-4-2-3-5-8(4)17-24(22)32-33-25(17)23-14(5)16-12-7(3)10-9-6(2)11-15(13)28(30)36-34-20(11)18(9)26-27-19(10)21(12)35-37-29(16)31(23)43-45(33)54(53(56)44(32)42)57-50(43)48(37)52-41(35)39(27)46-38(26)40(34)51(47(36)49)58(60)55(46)59(52)61(57)62/h1H3. The predicted molar refractivity (Wildman–Crippen MR) is 278 cm³/mol. The highest BCUT2D eigenvalue weighted by molar-refractivity contribution is 7.89. The molecule has 1 heterocycles. The van der Waals surface area contributed by atoms with Gasteiger partial charge in [0.2, 0.25) is 10.0 Å². The Kier molecular flexibility index (Phi) is 1.87. The van der Waals surface area contributed by atoms with E-state index in [1.807, 2.05) is 3.97 Å². The summed E-state index contributed by atoms with van der Waals surface area (Å²) in [5.41, 5.74) is 1.96. The predicted octanol–water partition coefficient (Wildman–Crippen LogP) is 16.9. The molecule has 0 aliphatic heterocycles. The van der Waals surface area contributed by atoms with Crippen LogP contribution >= 0.6 is 0 Å². The highest BCUT2D eigenvalue weighted by Gasteiger charge is 2.51. The fourth-order valence-corrected chi connectivity index (χ4v) is 23.8. The van der Waals surface area contributed by atoms with Crippen LogP contribution in [0.1, 0.15) is 0 Å². The van der Waals surface area contributed by atoms with Gasteiger partial charge in [-0.3, -0.25) is 0 Å². The van der Waals surface area contributed by atoms with E-state index in [2.05, 4.69) is 0 Å². The van der Waals surface area contributed by atoms with Crippen LogP contribution in [0.25, 0.3) is 323 Å². The van der Waals surface area contributed by atoms with Crippen LogP contribution in [-0.2, 0) is 10.0 Å². The second-order valence-electron chi connectivity index (χ2n) is 23.5. The number of benzene rings is 19.